The van der Waals surface area contributed by atoms with Gasteiger partial charge in [0.2, 0.25) is 0 Å². The van der Waals surface area contributed by atoms with Gasteiger partial charge in [-0.3, -0.25) is 0 Å². The highest BCUT2D eigenvalue weighted by molar-refractivity contribution is 6.17. The van der Waals surface area contributed by atoms with Crippen LogP contribution in [0.2, 0.25) is 0 Å². The summed E-state index contributed by atoms with van der Waals surface area (Å²) in [4.78, 5) is 0. The first-order valence-electron chi connectivity index (χ1n) is 5.81. The zero-order chi connectivity index (χ0) is 13.0. The Kier molecular flexibility index (Phi) is 4.20. The van der Waals surface area contributed by atoms with E-state index < -0.39 is 0 Å². The number of halogens is 1. The molecule has 1 aromatic carbocycles. The third kappa shape index (κ3) is 3.01. The summed E-state index contributed by atoms with van der Waals surface area (Å²) < 4.78 is 7.15. The molecule has 0 bridgehead atoms. The van der Waals surface area contributed by atoms with Crippen molar-refractivity contribution in [2.45, 2.75) is 19.9 Å². The molecule has 5 heteroatoms. The van der Waals surface area contributed by atoms with Crippen LogP contribution in [0.5, 0.6) is 5.75 Å². The summed E-state index contributed by atoms with van der Waals surface area (Å²) in [5.74, 6) is 1.43. The van der Waals surface area contributed by atoms with Crippen LogP contribution in [0.15, 0.2) is 24.4 Å². The van der Waals surface area contributed by atoms with E-state index in [2.05, 4.69) is 23.3 Å². The Morgan fingerprint density at radius 1 is 1.39 bits per heavy atom. The predicted octanol–water partition coefficient (Wildman–Crippen LogP) is 2.42. The Labute approximate surface area is 112 Å². The first-order chi connectivity index (χ1) is 8.72. The fourth-order valence-corrected chi connectivity index (χ4v) is 2.03. The number of benzene rings is 1. The number of hydrogen-bond donors (Lipinski definition) is 0. The molecule has 0 unspecified atom stereocenters. The Bertz CT molecular complexity index is 525. The zero-order valence-electron chi connectivity index (χ0n) is 10.6. The van der Waals surface area contributed by atoms with Crippen molar-refractivity contribution in [1.29, 1.82) is 0 Å². The highest BCUT2D eigenvalue weighted by Gasteiger charge is 2.06. The normalized spacial score (nSPS) is 10.6. The number of ether oxygens (including phenoxy) is 1. The van der Waals surface area contributed by atoms with Gasteiger partial charge < -0.3 is 4.74 Å². The van der Waals surface area contributed by atoms with E-state index in [0.29, 0.717) is 12.4 Å². The van der Waals surface area contributed by atoms with E-state index in [1.54, 1.807) is 11.8 Å². The quantitative estimate of drug-likeness (QED) is 0.780. The third-order valence-corrected chi connectivity index (χ3v) is 2.89. The second kappa shape index (κ2) is 5.87. The van der Waals surface area contributed by atoms with Crippen LogP contribution >= 0.6 is 11.6 Å². The van der Waals surface area contributed by atoms with Crippen LogP contribution in [0, 0.1) is 6.92 Å². The maximum Gasteiger partial charge on any atom is 0.123 e. The van der Waals surface area contributed by atoms with Gasteiger partial charge in [0, 0.05) is 24.1 Å². The monoisotopic (exact) mass is 265 g/mol. The second-order valence-corrected chi connectivity index (χ2v) is 4.54. The predicted molar refractivity (Wildman–Crippen MR) is 71.3 cm³/mol. The molecule has 0 aliphatic carbocycles. The van der Waals surface area contributed by atoms with Crippen molar-refractivity contribution < 1.29 is 4.74 Å². The standard InChI is InChI=1S/C13H16ClN3O/c1-10-3-4-13(18-2)11(7-10)8-17-9-12(5-6-14)15-16-17/h3-4,7,9H,5-6,8H2,1-2H3. The van der Waals surface area contributed by atoms with Gasteiger partial charge in [-0.25, -0.2) is 4.68 Å². The van der Waals surface area contributed by atoms with E-state index in [0.717, 1.165) is 23.4 Å². The maximum atomic E-state index is 5.68. The lowest BCUT2D eigenvalue weighted by Crippen LogP contribution is -2.03. The molecule has 0 saturated carbocycles. The van der Waals surface area contributed by atoms with Crippen LogP contribution in [0.25, 0.3) is 0 Å². The summed E-state index contributed by atoms with van der Waals surface area (Å²) in [7, 11) is 1.68. The summed E-state index contributed by atoms with van der Waals surface area (Å²) >= 11 is 5.68. The van der Waals surface area contributed by atoms with Crippen LogP contribution in [0.4, 0.5) is 0 Å². The Balaban J connectivity index is 2.19. The second-order valence-electron chi connectivity index (χ2n) is 4.16. The summed E-state index contributed by atoms with van der Waals surface area (Å²) in [6.07, 6.45) is 2.66. The summed E-state index contributed by atoms with van der Waals surface area (Å²) in [6, 6.07) is 6.10. The van der Waals surface area contributed by atoms with Gasteiger partial charge in [-0.2, -0.15) is 0 Å². The number of alkyl halides is 1. The van der Waals surface area contributed by atoms with Gasteiger partial charge in [0.05, 0.1) is 19.3 Å². The Morgan fingerprint density at radius 2 is 2.22 bits per heavy atom. The van der Waals surface area contributed by atoms with Gasteiger partial charge in [0.1, 0.15) is 5.75 Å². The van der Waals surface area contributed by atoms with Crippen molar-refractivity contribution in [2.24, 2.45) is 0 Å². The molecular weight excluding hydrogens is 250 g/mol. The minimum atomic E-state index is 0.562. The number of hydrogen-bond acceptors (Lipinski definition) is 3. The first-order valence-corrected chi connectivity index (χ1v) is 6.35. The number of methoxy groups -OCH3 is 1. The van der Waals surface area contributed by atoms with Gasteiger partial charge in [-0.05, 0) is 13.0 Å². The fourth-order valence-electron chi connectivity index (χ4n) is 1.83. The largest absolute Gasteiger partial charge is 0.496 e. The average molecular weight is 266 g/mol. The van der Waals surface area contributed by atoms with Gasteiger partial charge in [-0.1, -0.05) is 22.9 Å². The molecule has 0 atom stereocenters. The summed E-state index contributed by atoms with van der Waals surface area (Å²) in [6.45, 7) is 2.71. The van der Waals surface area contributed by atoms with Gasteiger partial charge >= 0.3 is 0 Å². The molecule has 0 amide bonds. The van der Waals surface area contributed by atoms with Gasteiger partial charge in [0.15, 0.2) is 0 Å². The minimum absolute atomic E-state index is 0.562. The number of nitrogens with zero attached hydrogens (tertiary/aromatic N) is 3. The summed E-state index contributed by atoms with van der Waals surface area (Å²) in [5.41, 5.74) is 3.21. The van der Waals surface area contributed by atoms with Crippen molar-refractivity contribution in [3.63, 3.8) is 0 Å². The number of aromatic nitrogens is 3. The molecule has 96 valence electrons. The number of rotatable bonds is 5. The van der Waals surface area contributed by atoms with Crippen molar-refractivity contribution in [3.8, 4) is 5.75 Å². The van der Waals surface area contributed by atoms with Crippen LogP contribution in [-0.4, -0.2) is 28.0 Å². The Morgan fingerprint density at radius 3 is 2.94 bits per heavy atom. The summed E-state index contributed by atoms with van der Waals surface area (Å²) in [5, 5.41) is 8.16. The lowest BCUT2D eigenvalue weighted by atomic mass is 10.1. The molecule has 1 aromatic heterocycles. The molecule has 18 heavy (non-hydrogen) atoms. The lowest BCUT2D eigenvalue weighted by molar-refractivity contribution is 0.407. The van der Waals surface area contributed by atoms with Crippen molar-refractivity contribution in [1.82, 2.24) is 15.0 Å². The van der Waals surface area contributed by atoms with E-state index in [4.69, 9.17) is 16.3 Å². The van der Waals surface area contributed by atoms with Crippen molar-refractivity contribution in [3.05, 3.63) is 41.2 Å². The Hall–Kier alpha value is -1.55. The molecule has 0 spiro atoms. The van der Waals surface area contributed by atoms with Gasteiger partial charge in [0.25, 0.3) is 0 Å². The smallest absolute Gasteiger partial charge is 0.123 e. The molecule has 0 fully saturated rings. The van der Waals surface area contributed by atoms with Crippen molar-refractivity contribution in [2.75, 3.05) is 13.0 Å². The van der Waals surface area contributed by atoms with Crippen LogP contribution in [0.1, 0.15) is 16.8 Å². The highest BCUT2D eigenvalue weighted by Crippen LogP contribution is 2.20. The van der Waals surface area contributed by atoms with Crippen LogP contribution in [0.3, 0.4) is 0 Å². The van der Waals surface area contributed by atoms with E-state index >= 15 is 0 Å². The van der Waals surface area contributed by atoms with E-state index in [1.165, 1.54) is 5.56 Å². The van der Waals surface area contributed by atoms with Crippen molar-refractivity contribution >= 4 is 11.6 Å². The highest BCUT2D eigenvalue weighted by atomic mass is 35.5. The molecule has 0 radical (unpaired) electrons. The molecule has 0 saturated heterocycles. The molecular formula is C13H16ClN3O. The molecule has 4 nitrogen and oxygen atoms in total. The van der Waals surface area contributed by atoms with E-state index in [9.17, 15) is 0 Å². The number of aryl methyl sites for hydroxylation is 2. The maximum absolute atomic E-state index is 5.68. The average Bonchev–Trinajstić information content (AvgIpc) is 2.77. The zero-order valence-corrected chi connectivity index (χ0v) is 11.3. The fraction of sp³-hybridized carbons (Fsp3) is 0.385. The molecule has 1 heterocycles. The van der Waals surface area contributed by atoms with Crippen LogP contribution in [-0.2, 0) is 13.0 Å². The third-order valence-electron chi connectivity index (χ3n) is 2.70. The molecule has 0 aliphatic heterocycles. The first kappa shape index (κ1) is 12.9. The van der Waals surface area contributed by atoms with Crippen LogP contribution < -0.4 is 4.74 Å². The molecule has 2 aromatic rings. The lowest BCUT2D eigenvalue weighted by Gasteiger charge is -2.09. The minimum Gasteiger partial charge on any atom is -0.496 e. The van der Waals surface area contributed by atoms with Gasteiger partial charge in [-0.15, -0.1) is 16.7 Å². The topological polar surface area (TPSA) is 39.9 Å². The van der Waals surface area contributed by atoms with E-state index in [-0.39, 0.29) is 0 Å². The van der Waals surface area contributed by atoms with E-state index in [1.807, 2.05) is 18.3 Å². The molecule has 0 aliphatic rings. The molecule has 2 rings (SSSR count). The SMILES string of the molecule is COc1ccc(C)cc1Cn1cc(CCCl)nn1. The molecule has 0 N–H and O–H groups in total.